The molecule has 0 aliphatic rings. The van der Waals surface area contributed by atoms with Gasteiger partial charge in [0.05, 0.1) is 22.7 Å². The Bertz CT molecular complexity index is 3420. The van der Waals surface area contributed by atoms with Gasteiger partial charge in [-0.3, -0.25) is 0 Å². The molecule has 6 heteroatoms. The molecule has 12 rings (SSSR count). The fraction of sp³-hybridized carbons (Fsp3) is 0.0370. The molecule has 0 bridgehead atoms. The predicted octanol–water partition coefficient (Wildman–Crippen LogP) is 16.2. The van der Waals surface area contributed by atoms with Crippen LogP contribution in [0, 0.1) is 25.5 Å². The molecular formula is C54H34F2N2O2. The Morgan fingerprint density at radius 1 is 0.333 bits per heavy atom. The Morgan fingerprint density at radius 3 is 1.12 bits per heavy atom. The van der Waals surface area contributed by atoms with E-state index in [4.69, 9.17) is 8.83 Å². The highest BCUT2D eigenvalue weighted by atomic mass is 19.1. The molecule has 2 heterocycles. The fourth-order valence-corrected chi connectivity index (χ4v) is 9.40. The minimum atomic E-state index is -0.307. The second-order valence-electron chi connectivity index (χ2n) is 15.6. The van der Waals surface area contributed by atoms with Crippen LogP contribution in [0.5, 0.6) is 0 Å². The first-order chi connectivity index (χ1) is 29.4. The van der Waals surface area contributed by atoms with Gasteiger partial charge < -0.3 is 18.6 Å². The molecule has 4 nitrogen and oxygen atoms in total. The highest BCUT2D eigenvalue weighted by Crippen LogP contribution is 2.50. The van der Waals surface area contributed by atoms with Crippen molar-refractivity contribution in [3.8, 4) is 0 Å². The third kappa shape index (κ3) is 5.00. The van der Waals surface area contributed by atoms with Gasteiger partial charge in [0, 0.05) is 43.7 Å². The van der Waals surface area contributed by atoms with E-state index in [0.717, 1.165) is 121 Å². The SMILES string of the molecule is Cc1cccc2c1oc1c(N(c3ccc(F)cc3)c3ccc4ccc5c(N(c6ccc(F)cc6)c6cccc7c6oc6c(C)cccc67)ccc6ccc3c4c65)cccc12. The first kappa shape index (κ1) is 34.4. The van der Waals surface area contributed by atoms with Gasteiger partial charge in [-0.2, -0.15) is 0 Å². The number of nitrogens with zero attached hydrogens (tertiary/aromatic N) is 2. The molecule has 0 spiro atoms. The summed E-state index contributed by atoms with van der Waals surface area (Å²) in [7, 11) is 0. The number of fused-ring (bicyclic) bond motifs is 6. The molecule has 0 amide bonds. The topological polar surface area (TPSA) is 32.8 Å². The lowest BCUT2D eigenvalue weighted by Gasteiger charge is -2.29. The zero-order chi connectivity index (χ0) is 40.2. The number of furan rings is 2. The summed E-state index contributed by atoms with van der Waals surface area (Å²) in [6, 6.07) is 55.5. The molecule has 0 atom stereocenters. The lowest BCUT2D eigenvalue weighted by Crippen LogP contribution is -2.12. The minimum Gasteiger partial charge on any atom is -0.454 e. The predicted molar refractivity (Wildman–Crippen MR) is 243 cm³/mol. The van der Waals surface area contributed by atoms with E-state index in [-0.39, 0.29) is 11.6 Å². The van der Waals surface area contributed by atoms with E-state index in [1.165, 1.54) is 24.3 Å². The van der Waals surface area contributed by atoms with Crippen molar-refractivity contribution in [2.24, 2.45) is 0 Å². The zero-order valence-electron chi connectivity index (χ0n) is 32.6. The molecule has 0 aliphatic heterocycles. The van der Waals surface area contributed by atoms with Gasteiger partial charge in [-0.15, -0.1) is 0 Å². The lowest BCUT2D eigenvalue weighted by molar-refractivity contribution is 0.627. The molecule has 0 fully saturated rings. The molecule has 2 aromatic heterocycles. The molecule has 60 heavy (non-hydrogen) atoms. The number of anilines is 6. The maximum Gasteiger partial charge on any atom is 0.159 e. The van der Waals surface area contributed by atoms with Crippen molar-refractivity contribution in [2.75, 3.05) is 9.80 Å². The van der Waals surface area contributed by atoms with E-state index < -0.39 is 0 Å². The van der Waals surface area contributed by atoms with Crippen LogP contribution in [-0.4, -0.2) is 0 Å². The average molecular weight is 781 g/mol. The van der Waals surface area contributed by atoms with Gasteiger partial charge in [0.1, 0.15) is 22.8 Å². The van der Waals surface area contributed by atoms with Gasteiger partial charge in [-0.05, 0) is 119 Å². The van der Waals surface area contributed by atoms with Crippen molar-refractivity contribution in [2.45, 2.75) is 13.8 Å². The lowest BCUT2D eigenvalue weighted by atomic mass is 9.91. The van der Waals surface area contributed by atoms with Crippen LogP contribution in [0.2, 0.25) is 0 Å². The van der Waals surface area contributed by atoms with Gasteiger partial charge >= 0.3 is 0 Å². The molecule has 10 aromatic carbocycles. The standard InChI is InChI=1S/C54H34F2N2O2/c1-31-7-3-9-39-41-11-5-13-47(53(41)59-51(31)39)57(37-23-19-35(55)20-24-37)45-29-17-33-16-28-44-46(30-18-34-15-27-43(45)49(33)50(34)44)58(38-25-21-36(56)22-26-38)48-14-6-12-42-40-10-4-8-32(2)52(40)60-54(42)48/h3-30H,1-2H3. The Kier molecular flexibility index (Phi) is 7.39. The molecule has 0 N–H and O–H groups in total. The van der Waals surface area contributed by atoms with Gasteiger partial charge in [0.25, 0.3) is 0 Å². The number of para-hydroxylation sites is 4. The zero-order valence-corrected chi connectivity index (χ0v) is 32.6. The third-order valence-electron chi connectivity index (χ3n) is 12.2. The maximum absolute atomic E-state index is 14.6. The van der Waals surface area contributed by atoms with E-state index in [1.807, 2.05) is 24.3 Å². The molecule has 0 saturated heterocycles. The van der Waals surface area contributed by atoms with Crippen LogP contribution in [0.3, 0.4) is 0 Å². The second kappa shape index (κ2) is 12.9. The number of aryl methyl sites for hydroxylation is 2. The molecule has 286 valence electrons. The van der Waals surface area contributed by atoms with E-state index in [9.17, 15) is 8.78 Å². The highest BCUT2D eigenvalue weighted by Gasteiger charge is 2.26. The van der Waals surface area contributed by atoms with Crippen molar-refractivity contribution in [3.63, 3.8) is 0 Å². The molecule has 12 aromatic rings. The maximum atomic E-state index is 14.6. The molecule has 0 radical (unpaired) electrons. The van der Waals surface area contributed by atoms with Crippen LogP contribution in [-0.2, 0) is 0 Å². The smallest absolute Gasteiger partial charge is 0.159 e. The summed E-state index contributed by atoms with van der Waals surface area (Å²) in [5.41, 5.74) is 10.5. The van der Waals surface area contributed by atoms with Crippen molar-refractivity contribution < 1.29 is 17.6 Å². The van der Waals surface area contributed by atoms with E-state index >= 15 is 0 Å². The monoisotopic (exact) mass is 780 g/mol. The van der Waals surface area contributed by atoms with Crippen LogP contribution < -0.4 is 9.80 Å². The number of benzene rings is 10. The van der Waals surface area contributed by atoms with Gasteiger partial charge in [0.2, 0.25) is 0 Å². The average Bonchev–Trinajstić information content (AvgIpc) is 3.86. The number of halogens is 2. The molecule has 0 unspecified atom stereocenters. The van der Waals surface area contributed by atoms with Crippen molar-refractivity contribution in [1.82, 2.24) is 0 Å². The number of rotatable bonds is 6. The minimum absolute atomic E-state index is 0.307. The van der Waals surface area contributed by atoms with E-state index in [0.29, 0.717) is 0 Å². The van der Waals surface area contributed by atoms with Crippen molar-refractivity contribution >= 4 is 110 Å². The summed E-state index contributed by atoms with van der Waals surface area (Å²) in [6.45, 7) is 4.12. The van der Waals surface area contributed by atoms with Crippen LogP contribution in [0.15, 0.2) is 179 Å². The summed E-state index contributed by atoms with van der Waals surface area (Å²) in [5.74, 6) is -0.614. The fourth-order valence-electron chi connectivity index (χ4n) is 9.40. The third-order valence-corrected chi connectivity index (χ3v) is 12.2. The Morgan fingerprint density at radius 2 is 0.700 bits per heavy atom. The first-order valence-electron chi connectivity index (χ1n) is 20.0. The van der Waals surface area contributed by atoms with Crippen molar-refractivity contribution in [3.05, 3.63) is 193 Å². The Labute approximate surface area is 343 Å². The normalized spacial score (nSPS) is 12.0. The Hall–Kier alpha value is -7.70. The quantitative estimate of drug-likeness (QED) is 0.157. The summed E-state index contributed by atoms with van der Waals surface area (Å²) in [5, 5.41) is 10.5. The van der Waals surface area contributed by atoms with Gasteiger partial charge in [0.15, 0.2) is 11.2 Å². The molecular weight excluding hydrogens is 747 g/mol. The van der Waals surface area contributed by atoms with E-state index in [2.05, 4.69) is 145 Å². The largest absolute Gasteiger partial charge is 0.454 e. The van der Waals surface area contributed by atoms with Gasteiger partial charge in [-0.25, -0.2) is 8.78 Å². The number of hydrogen-bond donors (Lipinski definition) is 0. The second-order valence-corrected chi connectivity index (χ2v) is 15.6. The molecule has 0 aliphatic carbocycles. The van der Waals surface area contributed by atoms with Gasteiger partial charge in [-0.1, -0.05) is 97.1 Å². The first-order valence-corrected chi connectivity index (χ1v) is 20.0. The highest BCUT2D eigenvalue weighted by molar-refractivity contribution is 6.28. The van der Waals surface area contributed by atoms with Crippen LogP contribution in [0.1, 0.15) is 11.1 Å². The summed E-state index contributed by atoms with van der Waals surface area (Å²) in [4.78, 5) is 4.36. The van der Waals surface area contributed by atoms with Crippen LogP contribution in [0.25, 0.3) is 76.2 Å². The summed E-state index contributed by atoms with van der Waals surface area (Å²) >= 11 is 0. The summed E-state index contributed by atoms with van der Waals surface area (Å²) in [6.07, 6.45) is 0. The van der Waals surface area contributed by atoms with Crippen LogP contribution in [0.4, 0.5) is 42.9 Å². The molecule has 0 saturated carbocycles. The van der Waals surface area contributed by atoms with E-state index in [1.54, 1.807) is 0 Å². The Balaban J connectivity index is 1.13. The summed E-state index contributed by atoms with van der Waals surface area (Å²) < 4.78 is 42.6. The van der Waals surface area contributed by atoms with Crippen LogP contribution >= 0.6 is 0 Å². The number of hydrogen-bond acceptors (Lipinski definition) is 4. The van der Waals surface area contributed by atoms with Crippen molar-refractivity contribution in [1.29, 1.82) is 0 Å².